The number of likely N-dealkylation sites (tertiary alicyclic amines) is 1. The molecule has 5 rings (SSSR count). The lowest BCUT2D eigenvalue weighted by atomic mass is 9.94. The fourth-order valence-electron chi connectivity index (χ4n) is 5.86. The van der Waals surface area contributed by atoms with Crippen molar-refractivity contribution < 1.29 is 38.4 Å². The third kappa shape index (κ3) is 6.92. The molecule has 0 aliphatic carbocycles. The molecule has 45 heavy (non-hydrogen) atoms. The monoisotopic (exact) mass is 616 g/mol. The first-order chi connectivity index (χ1) is 21.9. The number of aliphatic hydroxyl groups is 1. The number of morpholine rings is 1. The molecule has 0 aromatic heterocycles. The molecule has 0 radical (unpaired) electrons. The Morgan fingerprint density at radius 3 is 2.20 bits per heavy atom. The molecule has 0 unspecified atom stereocenters. The molecule has 2 heterocycles. The third-order valence-electron chi connectivity index (χ3n) is 8.21. The topological polar surface area (TPSA) is 107 Å². The summed E-state index contributed by atoms with van der Waals surface area (Å²) in [6, 6.07) is 17.6. The Morgan fingerprint density at radius 1 is 0.889 bits per heavy atom. The highest BCUT2D eigenvalue weighted by Gasteiger charge is 2.46. The number of carbonyl (C=O) groups is 2. The smallest absolute Gasteiger partial charge is 0.295 e. The van der Waals surface area contributed by atoms with Crippen LogP contribution in [0.4, 0.5) is 0 Å². The summed E-state index contributed by atoms with van der Waals surface area (Å²) >= 11 is 0. The molecule has 2 saturated heterocycles. The third-order valence-corrected chi connectivity index (χ3v) is 8.21. The van der Waals surface area contributed by atoms with Crippen molar-refractivity contribution in [1.82, 2.24) is 9.80 Å². The maximum absolute atomic E-state index is 13.7. The van der Waals surface area contributed by atoms with Gasteiger partial charge in [0.25, 0.3) is 11.7 Å². The molecule has 2 fully saturated rings. The van der Waals surface area contributed by atoms with E-state index in [4.69, 9.17) is 23.7 Å². The van der Waals surface area contributed by atoms with Gasteiger partial charge >= 0.3 is 0 Å². The van der Waals surface area contributed by atoms with E-state index in [0.29, 0.717) is 66.9 Å². The number of hydrogen-bond donors (Lipinski definition) is 1. The second kappa shape index (κ2) is 14.5. The Bertz CT molecular complexity index is 1520. The Hall–Kier alpha value is -4.54. The SMILES string of the molecule is COc1cc([C@@H]2/C(=C(\O)c3ccc(OCc4ccccc4)c(C)c3)C(=O)C(=O)N2CCCN2CCOCC2)cc(OC)c1OC. The number of ketones is 1. The van der Waals surface area contributed by atoms with Gasteiger partial charge < -0.3 is 33.7 Å². The molecule has 10 heteroatoms. The number of rotatable bonds is 12. The predicted molar refractivity (Wildman–Crippen MR) is 169 cm³/mol. The summed E-state index contributed by atoms with van der Waals surface area (Å²) in [6.45, 7) is 6.31. The van der Waals surface area contributed by atoms with Crippen molar-refractivity contribution in [3.63, 3.8) is 0 Å². The fourth-order valence-corrected chi connectivity index (χ4v) is 5.86. The molecule has 0 spiro atoms. The number of amides is 1. The van der Waals surface area contributed by atoms with Crippen LogP contribution in [0.3, 0.4) is 0 Å². The summed E-state index contributed by atoms with van der Waals surface area (Å²) in [5, 5.41) is 11.7. The van der Waals surface area contributed by atoms with Gasteiger partial charge in [-0.25, -0.2) is 0 Å². The number of aryl methyl sites for hydroxylation is 1. The lowest BCUT2D eigenvalue weighted by molar-refractivity contribution is -0.140. The largest absolute Gasteiger partial charge is 0.507 e. The standard InChI is InChI=1S/C35H40N2O8/c1-23-19-25(11-12-27(23)45-22-24-9-6-5-7-10-24)32(38)30-31(26-20-28(41-2)34(43-4)29(21-26)42-3)37(35(40)33(30)39)14-8-13-36-15-17-44-18-16-36/h5-7,9-12,19-21,31,38H,8,13-18,22H2,1-4H3/b32-30+/t31-/m1/s1. The van der Waals surface area contributed by atoms with Crippen molar-refractivity contribution in [2.45, 2.75) is 26.0 Å². The second-order valence-corrected chi connectivity index (χ2v) is 11.0. The minimum absolute atomic E-state index is 0.00185. The molecule has 1 N–H and O–H groups in total. The Labute approximate surface area is 263 Å². The minimum Gasteiger partial charge on any atom is -0.507 e. The van der Waals surface area contributed by atoms with Crippen LogP contribution in [0, 0.1) is 6.92 Å². The van der Waals surface area contributed by atoms with Gasteiger partial charge in [-0.05, 0) is 60.4 Å². The van der Waals surface area contributed by atoms with E-state index in [-0.39, 0.29) is 11.3 Å². The molecule has 3 aromatic rings. The molecule has 0 bridgehead atoms. The van der Waals surface area contributed by atoms with Gasteiger partial charge in [-0.3, -0.25) is 14.5 Å². The maximum atomic E-state index is 13.7. The fraction of sp³-hybridized carbons (Fsp3) is 0.371. The molecule has 0 saturated carbocycles. The van der Waals surface area contributed by atoms with Crippen LogP contribution in [0.1, 0.15) is 34.7 Å². The summed E-state index contributed by atoms with van der Waals surface area (Å²) in [7, 11) is 4.52. The zero-order valence-corrected chi connectivity index (χ0v) is 26.2. The molecule has 10 nitrogen and oxygen atoms in total. The van der Waals surface area contributed by atoms with Crippen LogP contribution in [0.5, 0.6) is 23.0 Å². The van der Waals surface area contributed by atoms with Gasteiger partial charge in [0.15, 0.2) is 11.5 Å². The average molecular weight is 617 g/mol. The van der Waals surface area contributed by atoms with Crippen molar-refractivity contribution in [2.75, 3.05) is 60.7 Å². The van der Waals surface area contributed by atoms with E-state index in [9.17, 15) is 14.7 Å². The van der Waals surface area contributed by atoms with Crippen molar-refractivity contribution in [3.05, 3.63) is 88.5 Å². The number of hydrogen-bond acceptors (Lipinski definition) is 9. The number of nitrogens with zero attached hydrogens (tertiary/aromatic N) is 2. The number of aliphatic hydroxyl groups excluding tert-OH is 1. The summed E-state index contributed by atoms with van der Waals surface area (Å²) in [5.74, 6) is 0.106. The average Bonchev–Trinajstić information content (AvgIpc) is 3.32. The second-order valence-electron chi connectivity index (χ2n) is 11.0. The zero-order chi connectivity index (χ0) is 31.9. The van der Waals surface area contributed by atoms with E-state index in [1.54, 1.807) is 30.3 Å². The lowest BCUT2D eigenvalue weighted by Crippen LogP contribution is -2.39. The van der Waals surface area contributed by atoms with Crippen molar-refractivity contribution >= 4 is 17.4 Å². The van der Waals surface area contributed by atoms with Gasteiger partial charge in [0.1, 0.15) is 18.1 Å². The quantitative estimate of drug-likeness (QED) is 0.175. The van der Waals surface area contributed by atoms with Crippen molar-refractivity contribution in [1.29, 1.82) is 0 Å². The minimum atomic E-state index is -0.877. The van der Waals surface area contributed by atoms with Gasteiger partial charge in [0.2, 0.25) is 5.75 Å². The van der Waals surface area contributed by atoms with Crippen LogP contribution in [-0.2, 0) is 20.9 Å². The number of Topliss-reactive ketones (excluding diaryl/α,β-unsaturated/α-hetero) is 1. The number of ether oxygens (including phenoxy) is 5. The van der Waals surface area contributed by atoms with E-state index in [0.717, 1.165) is 30.8 Å². The Morgan fingerprint density at radius 2 is 1.58 bits per heavy atom. The van der Waals surface area contributed by atoms with E-state index in [2.05, 4.69) is 4.90 Å². The number of carbonyl (C=O) groups excluding carboxylic acids is 2. The zero-order valence-electron chi connectivity index (χ0n) is 26.2. The number of methoxy groups -OCH3 is 3. The first-order valence-electron chi connectivity index (χ1n) is 15.0. The van der Waals surface area contributed by atoms with Gasteiger partial charge in [-0.2, -0.15) is 0 Å². The van der Waals surface area contributed by atoms with Gasteiger partial charge in [-0.1, -0.05) is 30.3 Å². The molecule has 3 aromatic carbocycles. The van der Waals surface area contributed by atoms with Crippen LogP contribution in [0.25, 0.3) is 5.76 Å². The molecule has 238 valence electrons. The highest BCUT2D eigenvalue weighted by Crippen LogP contribution is 2.46. The predicted octanol–water partition coefficient (Wildman–Crippen LogP) is 4.74. The van der Waals surface area contributed by atoms with Crippen molar-refractivity contribution in [2.24, 2.45) is 0 Å². The summed E-state index contributed by atoms with van der Waals surface area (Å²) < 4.78 is 28.2. The highest BCUT2D eigenvalue weighted by molar-refractivity contribution is 6.46. The normalized spacial score (nSPS) is 18.2. The summed E-state index contributed by atoms with van der Waals surface area (Å²) in [4.78, 5) is 31.1. The van der Waals surface area contributed by atoms with Gasteiger partial charge in [0, 0.05) is 31.7 Å². The highest BCUT2D eigenvalue weighted by atomic mass is 16.5. The van der Waals surface area contributed by atoms with Crippen molar-refractivity contribution in [3.8, 4) is 23.0 Å². The molecule has 2 aliphatic rings. The lowest BCUT2D eigenvalue weighted by Gasteiger charge is -2.29. The van der Waals surface area contributed by atoms with Crippen LogP contribution in [-0.4, -0.2) is 87.3 Å². The summed E-state index contributed by atoms with van der Waals surface area (Å²) in [6.07, 6.45) is 0.639. The van der Waals surface area contributed by atoms with E-state index < -0.39 is 17.7 Å². The van der Waals surface area contributed by atoms with E-state index >= 15 is 0 Å². The van der Waals surface area contributed by atoms with Gasteiger partial charge in [0.05, 0.1) is 46.2 Å². The molecule has 1 amide bonds. The first-order valence-corrected chi connectivity index (χ1v) is 15.0. The van der Waals surface area contributed by atoms with Crippen LogP contribution in [0.15, 0.2) is 66.2 Å². The van der Waals surface area contributed by atoms with Crippen LogP contribution in [0.2, 0.25) is 0 Å². The first kappa shape index (κ1) is 31.9. The molecule has 2 aliphatic heterocycles. The number of benzene rings is 3. The maximum Gasteiger partial charge on any atom is 0.295 e. The molecular formula is C35H40N2O8. The van der Waals surface area contributed by atoms with Gasteiger partial charge in [-0.15, -0.1) is 0 Å². The molecule has 1 atom stereocenters. The van der Waals surface area contributed by atoms with Crippen LogP contribution >= 0.6 is 0 Å². The Balaban J connectivity index is 1.51. The molecular weight excluding hydrogens is 576 g/mol. The van der Waals surface area contributed by atoms with Crippen LogP contribution < -0.4 is 18.9 Å². The Kier molecular flexibility index (Phi) is 10.3. The van der Waals surface area contributed by atoms with E-state index in [1.165, 1.54) is 26.2 Å². The summed E-state index contributed by atoms with van der Waals surface area (Å²) in [5.41, 5.74) is 2.76. The van der Waals surface area contributed by atoms with E-state index in [1.807, 2.05) is 37.3 Å².